The van der Waals surface area contributed by atoms with Gasteiger partial charge in [0.2, 0.25) is 0 Å². The molecule has 0 unspecified atom stereocenters. The summed E-state index contributed by atoms with van der Waals surface area (Å²) in [5.74, 6) is -1.10. The first-order chi connectivity index (χ1) is 9.54. The molecule has 2 N–H and O–H groups in total. The normalized spacial score (nSPS) is 10.8. The maximum atomic E-state index is 11.8. The number of nitrogens with one attached hydrogen (secondary N) is 1. The van der Waals surface area contributed by atoms with Gasteiger partial charge in [0.25, 0.3) is 5.91 Å². The van der Waals surface area contributed by atoms with Crippen LogP contribution in [0.25, 0.3) is 6.08 Å². The van der Waals surface area contributed by atoms with Crippen LogP contribution < -0.4 is 5.32 Å². The van der Waals surface area contributed by atoms with E-state index in [0.29, 0.717) is 12.1 Å². The lowest BCUT2D eigenvalue weighted by atomic mass is 10.2. The van der Waals surface area contributed by atoms with Crippen molar-refractivity contribution in [1.82, 2.24) is 5.32 Å². The molecule has 20 heavy (non-hydrogen) atoms. The van der Waals surface area contributed by atoms with Gasteiger partial charge in [0.15, 0.2) is 0 Å². The van der Waals surface area contributed by atoms with Crippen molar-refractivity contribution in [2.45, 2.75) is 6.54 Å². The standard InChI is InChI=1S/C13H10BrNO3S2/c14-11-4-9(7-20-11)13(18)15-5-10-3-8(6-19-10)1-2-12(16)17/h1-4,6-7H,5H2,(H,15,18)(H,16,17)/b2-1+. The second-order valence-electron chi connectivity index (χ2n) is 3.84. The minimum atomic E-state index is -0.978. The summed E-state index contributed by atoms with van der Waals surface area (Å²) in [5, 5.41) is 15.0. The Kier molecular flexibility index (Phi) is 5.11. The molecule has 4 nitrogen and oxygen atoms in total. The zero-order valence-electron chi connectivity index (χ0n) is 10.1. The molecule has 0 radical (unpaired) electrons. The second-order valence-corrected chi connectivity index (χ2v) is 7.13. The van der Waals surface area contributed by atoms with Gasteiger partial charge in [-0.2, -0.15) is 0 Å². The molecule has 0 bridgehead atoms. The average Bonchev–Trinajstić information content (AvgIpc) is 3.02. The van der Waals surface area contributed by atoms with E-state index in [2.05, 4.69) is 21.2 Å². The minimum absolute atomic E-state index is 0.122. The van der Waals surface area contributed by atoms with Crippen LogP contribution in [0.1, 0.15) is 20.8 Å². The SMILES string of the molecule is O=C(O)/C=C/c1csc(CNC(=O)c2csc(Br)c2)c1. The number of halogens is 1. The van der Waals surface area contributed by atoms with Crippen LogP contribution in [0.5, 0.6) is 0 Å². The first-order valence-corrected chi connectivity index (χ1v) is 8.10. The third kappa shape index (κ3) is 4.29. The molecule has 2 heterocycles. The molecule has 2 aromatic heterocycles. The number of hydrogen-bond donors (Lipinski definition) is 2. The number of amides is 1. The van der Waals surface area contributed by atoms with E-state index in [1.165, 1.54) is 28.7 Å². The van der Waals surface area contributed by atoms with Crippen molar-refractivity contribution < 1.29 is 14.7 Å². The van der Waals surface area contributed by atoms with E-state index in [1.807, 2.05) is 11.4 Å². The molecule has 1 amide bonds. The molecule has 0 aliphatic carbocycles. The Balaban J connectivity index is 1.91. The molecule has 0 atom stereocenters. The summed E-state index contributed by atoms with van der Waals surface area (Å²) >= 11 is 6.25. The number of hydrogen-bond acceptors (Lipinski definition) is 4. The quantitative estimate of drug-likeness (QED) is 0.789. The predicted molar refractivity (Wildman–Crippen MR) is 84.2 cm³/mol. The Hall–Kier alpha value is -1.44. The van der Waals surface area contributed by atoms with Crippen LogP contribution >= 0.6 is 38.6 Å². The van der Waals surface area contributed by atoms with Gasteiger partial charge in [0.1, 0.15) is 0 Å². The summed E-state index contributed by atoms with van der Waals surface area (Å²) < 4.78 is 0.917. The summed E-state index contributed by atoms with van der Waals surface area (Å²) in [7, 11) is 0. The third-order valence-electron chi connectivity index (χ3n) is 2.35. The van der Waals surface area contributed by atoms with Gasteiger partial charge in [-0.05, 0) is 45.1 Å². The molecular weight excluding hydrogens is 362 g/mol. The minimum Gasteiger partial charge on any atom is -0.478 e. The zero-order chi connectivity index (χ0) is 14.5. The van der Waals surface area contributed by atoms with Crippen molar-refractivity contribution in [2.75, 3.05) is 0 Å². The number of thiophene rings is 2. The summed E-state index contributed by atoms with van der Waals surface area (Å²) in [6.07, 6.45) is 2.62. The molecule has 104 valence electrons. The Bertz CT molecular complexity index is 660. The highest BCUT2D eigenvalue weighted by molar-refractivity contribution is 9.11. The first kappa shape index (κ1) is 15.0. The molecule has 2 aromatic rings. The Morgan fingerprint density at radius 3 is 2.75 bits per heavy atom. The molecule has 0 saturated carbocycles. The van der Waals surface area contributed by atoms with Gasteiger partial charge in [0, 0.05) is 16.3 Å². The van der Waals surface area contributed by atoms with Crippen LogP contribution in [-0.4, -0.2) is 17.0 Å². The van der Waals surface area contributed by atoms with Crippen molar-refractivity contribution in [3.63, 3.8) is 0 Å². The van der Waals surface area contributed by atoms with Crippen LogP contribution in [0, 0.1) is 0 Å². The number of carbonyl (C=O) groups excluding carboxylic acids is 1. The van der Waals surface area contributed by atoms with Gasteiger partial charge in [0.05, 0.1) is 15.9 Å². The van der Waals surface area contributed by atoms with E-state index in [4.69, 9.17) is 5.11 Å². The number of rotatable bonds is 5. The van der Waals surface area contributed by atoms with Gasteiger partial charge in [-0.15, -0.1) is 22.7 Å². The molecular formula is C13H10BrNO3S2. The smallest absolute Gasteiger partial charge is 0.328 e. The van der Waals surface area contributed by atoms with Crippen LogP contribution in [0.4, 0.5) is 0 Å². The van der Waals surface area contributed by atoms with E-state index in [1.54, 1.807) is 11.4 Å². The van der Waals surface area contributed by atoms with E-state index < -0.39 is 5.97 Å². The van der Waals surface area contributed by atoms with E-state index in [9.17, 15) is 9.59 Å². The fourth-order valence-electron chi connectivity index (χ4n) is 1.44. The lowest BCUT2D eigenvalue weighted by molar-refractivity contribution is -0.131. The van der Waals surface area contributed by atoms with Crippen LogP contribution in [0.3, 0.4) is 0 Å². The maximum absolute atomic E-state index is 11.8. The van der Waals surface area contributed by atoms with E-state index in [0.717, 1.165) is 20.3 Å². The molecule has 0 aromatic carbocycles. The molecule has 7 heteroatoms. The molecule has 0 aliphatic rings. The summed E-state index contributed by atoms with van der Waals surface area (Å²) in [6.45, 7) is 0.428. The average molecular weight is 372 g/mol. The fourth-order valence-corrected chi connectivity index (χ4v) is 3.37. The molecule has 0 saturated heterocycles. The Morgan fingerprint density at radius 1 is 1.30 bits per heavy atom. The first-order valence-electron chi connectivity index (χ1n) is 5.55. The highest BCUT2D eigenvalue weighted by Crippen LogP contribution is 2.21. The van der Waals surface area contributed by atoms with Crippen molar-refractivity contribution in [1.29, 1.82) is 0 Å². The van der Waals surface area contributed by atoms with Gasteiger partial charge in [-0.25, -0.2) is 4.79 Å². The van der Waals surface area contributed by atoms with Crippen LogP contribution in [0.15, 0.2) is 32.8 Å². The van der Waals surface area contributed by atoms with Crippen molar-refractivity contribution >= 4 is 56.6 Å². The highest BCUT2D eigenvalue weighted by Gasteiger charge is 2.08. The molecule has 0 spiro atoms. The monoisotopic (exact) mass is 371 g/mol. The van der Waals surface area contributed by atoms with Gasteiger partial charge in [-0.1, -0.05) is 0 Å². The van der Waals surface area contributed by atoms with Gasteiger partial charge in [-0.3, -0.25) is 4.79 Å². The fraction of sp³-hybridized carbons (Fsp3) is 0.0769. The summed E-state index contributed by atoms with van der Waals surface area (Å²) in [4.78, 5) is 23.2. The van der Waals surface area contributed by atoms with Gasteiger partial charge < -0.3 is 10.4 Å². The lowest BCUT2D eigenvalue weighted by Gasteiger charge is -2.00. The maximum Gasteiger partial charge on any atom is 0.328 e. The number of carboxylic acids is 1. The largest absolute Gasteiger partial charge is 0.478 e. The summed E-state index contributed by atoms with van der Waals surface area (Å²) in [5.41, 5.74) is 1.45. The van der Waals surface area contributed by atoms with Gasteiger partial charge >= 0.3 is 5.97 Å². The topological polar surface area (TPSA) is 66.4 Å². The van der Waals surface area contributed by atoms with Crippen molar-refractivity contribution in [2.24, 2.45) is 0 Å². The zero-order valence-corrected chi connectivity index (χ0v) is 13.3. The molecule has 0 fully saturated rings. The molecule has 0 aliphatic heterocycles. The number of carbonyl (C=O) groups is 2. The third-order valence-corrected chi connectivity index (χ3v) is 4.80. The second kappa shape index (κ2) is 6.83. The summed E-state index contributed by atoms with van der Waals surface area (Å²) in [6, 6.07) is 3.63. The Labute approximate surface area is 131 Å². The molecule has 2 rings (SSSR count). The Morgan fingerprint density at radius 2 is 2.10 bits per heavy atom. The predicted octanol–water partition coefficient (Wildman–Crippen LogP) is 3.60. The van der Waals surface area contributed by atoms with E-state index >= 15 is 0 Å². The van der Waals surface area contributed by atoms with Crippen LogP contribution in [-0.2, 0) is 11.3 Å². The van der Waals surface area contributed by atoms with Crippen molar-refractivity contribution in [3.8, 4) is 0 Å². The van der Waals surface area contributed by atoms with E-state index in [-0.39, 0.29) is 5.91 Å². The highest BCUT2D eigenvalue weighted by atomic mass is 79.9. The lowest BCUT2D eigenvalue weighted by Crippen LogP contribution is -2.21. The van der Waals surface area contributed by atoms with Crippen LogP contribution in [0.2, 0.25) is 0 Å². The van der Waals surface area contributed by atoms with Crippen molar-refractivity contribution in [3.05, 3.63) is 48.8 Å². The number of aliphatic carboxylic acids is 1. The number of carboxylic acid groups (broad SMARTS) is 1.